The SMILES string of the molecule is Cc1ccc(C)c(OC(C)CNc2cccc(OCC3CCCO3)c2)c1. The number of hydrogen-bond acceptors (Lipinski definition) is 4. The molecule has 0 bridgehead atoms. The number of rotatable bonds is 8. The average molecular weight is 355 g/mol. The molecule has 0 aromatic heterocycles. The molecule has 0 aliphatic carbocycles. The van der Waals surface area contributed by atoms with E-state index in [1.54, 1.807) is 0 Å². The zero-order valence-electron chi connectivity index (χ0n) is 16.0. The fourth-order valence-electron chi connectivity index (χ4n) is 3.02. The monoisotopic (exact) mass is 355 g/mol. The van der Waals surface area contributed by atoms with Gasteiger partial charge in [0.15, 0.2) is 0 Å². The fourth-order valence-corrected chi connectivity index (χ4v) is 3.02. The Morgan fingerprint density at radius 2 is 2.08 bits per heavy atom. The van der Waals surface area contributed by atoms with Crippen molar-refractivity contribution in [1.82, 2.24) is 0 Å². The Hall–Kier alpha value is -2.20. The minimum atomic E-state index is 0.0620. The van der Waals surface area contributed by atoms with Gasteiger partial charge in [-0.15, -0.1) is 0 Å². The molecular weight excluding hydrogens is 326 g/mol. The molecule has 1 aliphatic heterocycles. The van der Waals surface area contributed by atoms with E-state index >= 15 is 0 Å². The Morgan fingerprint density at radius 3 is 2.88 bits per heavy atom. The first-order valence-corrected chi connectivity index (χ1v) is 9.42. The van der Waals surface area contributed by atoms with Crippen molar-refractivity contribution in [2.45, 2.75) is 45.8 Å². The maximum Gasteiger partial charge on any atom is 0.122 e. The van der Waals surface area contributed by atoms with Crippen LogP contribution in [0, 0.1) is 13.8 Å². The highest BCUT2D eigenvalue weighted by atomic mass is 16.5. The first-order valence-electron chi connectivity index (χ1n) is 9.42. The molecule has 4 nitrogen and oxygen atoms in total. The van der Waals surface area contributed by atoms with Crippen LogP contribution < -0.4 is 14.8 Å². The van der Waals surface area contributed by atoms with Crippen LogP contribution >= 0.6 is 0 Å². The first kappa shape index (κ1) is 18.6. The summed E-state index contributed by atoms with van der Waals surface area (Å²) in [6, 6.07) is 14.3. The van der Waals surface area contributed by atoms with E-state index in [0.717, 1.165) is 48.7 Å². The highest BCUT2D eigenvalue weighted by Crippen LogP contribution is 2.22. The van der Waals surface area contributed by atoms with Gasteiger partial charge in [0.2, 0.25) is 0 Å². The lowest BCUT2D eigenvalue weighted by atomic mass is 10.1. The van der Waals surface area contributed by atoms with Crippen LogP contribution in [0.4, 0.5) is 5.69 Å². The van der Waals surface area contributed by atoms with Gasteiger partial charge in [-0.25, -0.2) is 0 Å². The molecule has 0 spiro atoms. The number of anilines is 1. The second-order valence-electron chi connectivity index (χ2n) is 7.05. The third-order valence-electron chi connectivity index (χ3n) is 4.56. The molecule has 1 N–H and O–H groups in total. The van der Waals surface area contributed by atoms with E-state index in [-0.39, 0.29) is 12.2 Å². The van der Waals surface area contributed by atoms with Gasteiger partial charge in [-0.1, -0.05) is 18.2 Å². The third kappa shape index (κ3) is 5.40. The highest BCUT2D eigenvalue weighted by molar-refractivity contribution is 5.48. The standard InChI is InChI=1S/C22H29NO3/c1-16-9-10-17(2)22(12-16)26-18(3)14-23-19-6-4-7-20(13-19)25-15-21-8-5-11-24-21/h4,6-7,9-10,12-13,18,21,23H,5,8,11,14-15H2,1-3H3. The average Bonchev–Trinajstić information content (AvgIpc) is 3.15. The molecule has 0 saturated carbocycles. The van der Waals surface area contributed by atoms with Crippen molar-refractivity contribution < 1.29 is 14.2 Å². The lowest BCUT2D eigenvalue weighted by Gasteiger charge is -2.18. The summed E-state index contributed by atoms with van der Waals surface area (Å²) < 4.78 is 17.5. The highest BCUT2D eigenvalue weighted by Gasteiger charge is 2.16. The summed E-state index contributed by atoms with van der Waals surface area (Å²) in [5.41, 5.74) is 3.40. The van der Waals surface area contributed by atoms with E-state index < -0.39 is 0 Å². The van der Waals surface area contributed by atoms with Gasteiger partial charge >= 0.3 is 0 Å². The van der Waals surface area contributed by atoms with Crippen molar-refractivity contribution in [1.29, 1.82) is 0 Å². The van der Waals surface area contributed by atoms with Gasteiger partial charge in [0.25, 0.3) is 0 Å². The smallest absolute Gasteiger partial charge is 0.122 e. The van der Waals surface area contributed by atoms with Crippen molar-refractivity contribution >= 4 is 5.69 Å². The summed E-state index contributed by atoms with van der Waals surface area (Å²) in [5.74, 6) is 1.82. The van der Waals surface area contributed by atoms with Gasteiger partial charge in [0, 0.05) is 18.4 Å². The second kappa shape index (κ2) is 8.95. The largest absolute Gasteiger partial charge is 0.491 e. The number of hydrogen-bond donors (Lipinski definition) is 1. The molecule has 2 aromatic rings. The van der Waals surface area contributed by atoms with E-state index in [4.69, 9.17) is 14.2 Å². The number of nitrogens with one attached hydrogen (secondary N) is 1. The van der Waals surface area contributed by atoms with Gasteiger partial charge in [0.05, 0.1) is 12.6 Å². The van der Waals surface area contributed by atoms with Crippen LogP contribution in [0.25, 0.3) is 0 Å². The van der Waals surface area contributed by atoms with Crippen LogP contribution in [-0.2, 0) is 4.74 Å². The molecule has 4 heteroatoms. The molecule has 140 valence electrons. The zero-order chi connectivity index (χ0) is 18.4. The maximum absolute atomic E-state index is 6.08. The summed E-state index contributed by atoms with van der Waals surface area (Å²) in [6.45, 7) is 8.43. The lowest BCUT2D eigenvalue weighted by molar-refractivity contribution is 0.0680. The number of ether oxygens (including phenoxy) is 3. The summed E-state index contributed by atoms with van der Waals surface area (Å²) >= 11 is 0. The topological polar surface area (TPSA) is 39.7 Å². The quantitative estimate of drug-likeness (QED) is 0.742. The molecule has 1 aliphatic rings. The minimum absolute atomic E-state index is 0.0620. The van der Waals surface area contributed by atoms with Crippen LogP contribution in [0.5, 0.6) is 11.5 Å². The van der Waals surface area contributed by atoms with Gasteiger partial charge in [0.1, 0.15) is 24.2 Å². The van der Waals surface area contributed by atoms with Crippen molar-refractivity contribution in [3.63, 3.8) is 0 Å². The molecule has 2 unspecified atom stereocenters. The zero-order valence-corrected chi connectivity index (χ0v) is 16.0. The van der Waals surface area contributed by atoms with Crippen LogP contribution in [0.15, 0.2) is 42.5 Å². The Morgan fingerprint density at radius 1 is 1.19 bits per heavy atom. The van der Waals surface area contributed by atoms with Crippen LogP contribution in [0.2, 0.25) is 0 Å². The van der Waals surface area contributed by atoms with E-state index in [1.807, 2.05) is 24.3 Å². The van der Waals surface area contributed by atoms with E-state index in [0.29, 0.717) is 6.61 Å². The van der Waals surface area contributed by atoms with E-state index in [9.17, 15) is 0 Å². The van der Waals surface area contributed by atoms with Gasteiger partial charge in [-0.05, 0) is 62.9 Å². The van der Waals surface area contributed by atoms with E-state index in [1.165, 1.54) is 5.56 Å². The number of benzene rings is 2. The Bertz CT molecular complexity index is 710. The molecule has 1 heterocycles. The van der Waals surface area contributed by atoms with E-state index in [2.05, 4.69) is 44.3 Å². The molecule has 2 aromatic carbocycles. The van der Waals surface area contributed by atoms with Crippen molar-refractivity contribution in [3.8, 4) is 11.5 Å². The van der Waals surface area contributed by atoms with Crippen molar-refractivity contribution in [3.05, 3.63) is 53.6 Å². The van der Waals surface area contributed by atoms with Crippen molar-refractivity contribution in [2.75, 3.05) is 25.1 Å². The summed E-state index contributed by atoms with van der Waals surface area (Å²) in [6.07, 6.45) is 2.52. The Balaban J connectivity index is 1.49. The molecule has 26 heavy (non-hydrogen) atoms. The molecule has 0 amide bonds. The third-order valence-corrected chi connectivity index (χ3v) is 4.56. The van der Waals surface area contributed by atoms with Gasteiger partial charge in [-0.2, -0.15) is 0 Å². The van der Waals surface area contributed by atoms with Gasteiger partial charge < -0.3 is 19.5 Å². The predicted octanol–water partition coefficient (Wildman–Crippen LogP) is 4.74. The Labute approximate surface area is 156 Å². The summed E-state index contributed by atoms with van der Waals surface area (Å²) in [7, 11) is 0. The molecule has 2 atom stereocenters. The first-order chi connectivity index (χ1) is 12.6. The normalized spacial score (nSPS) is 17.7. The molecule has 3 rings (SSSR count). The summed E-state index contributed by atoms with van der Waals surface area (Å²) in [4.78, 5) is 0. The van der Waals surface area contributed by atoms with Crippen LogP contribution in [0.3, 0.4) is 0 Å². The lowest BCUT2D eigenvalue weighted by Crippen LogP contribution is -2.23. The molecule has 1 saturated heterocycles. The maximum atomic E-state index is 6.08. The molecule has 0 radical (unpaired) electrons. The Kier molecular flexibility index (Phi) is 6.40. The fraction of sp³-hybridized carbons (Fsp3) is 0.455. The number of aryl methyl sites for hydroxylation is 2. The predicted molar refractivity (Wildman–Crippen MR) is 105 cm³/mol. The minimum Gasteiger partial charge on any atom is -0.491 e. The summed E-state index contributed by atoms with van der Waals surface area (Å²) in [5, 5.41) is 3.43. The van der Waals surface area contributed by atoms with Crippen LogP contribution in [-0.4, -0.2) is 32.0 Å². The molecular formula is C22H29NO3. The van der Waals surface area contributed by atoms with Crippen molar-refractivity contribution in [2.24, 2.45) is 0 Å². The molecule has 1 fully saturated rings. The van der Waals surface area contributed by atoms with Crippen LogP contribution in [0.1, 0.15) is 30.9 Å². The van der Waals surface area contributed by atoms with Gasteiger partial charge in [-0.3, -0.25) is 0 Å². The second-order valence-corrected chi connectivity index (χ2v) is 7.05.